The Morgan fingerprint density at radius 3 is 2.43 bits per heavy atom. The molecule has 0 aliphatic heterocycles. The van der Waals surface area contributed by atoms with Crippen molar-refractivity contribution in [3.63, 3.8) is 0 Å². The lowest BCUT2D eigenvalue weighted by atomic mass is 10.0. The first-order chi connectivity index (χ1) is 9.96. The number of hydrogen-bond acceptors (Lipinski definition) is 5. The summed E-state index contributed by atoms with van der Waals surface area (Å²) in [6.45, 7) is 2.14. The molecule has 0 radical (unpaired) electrons. The lowest BCUT2D eigenvalue weighted by Crippen LogP contribution is -2.24. The standard InChI is InChI=1S/C15H22ClNO4/c1-6-21-13(18)9-11(17(2)3)10-7-8-12(19-4)15(20-5)14(10)16/h7-8,11H,6,9H2,1-5H3. The van der Waals surface area contributed by atoms with Crippen molar-refractivity contribution in [3.8, 4) is 11.5 Å². The van der Waals surface area contributed by atoms with Gasteiger partial charge in [-0.15, -0.1) is 0 Å². The highest BCUT2D eigenvalue weighted by molar-refractivity contribution is 6.33. The van der Waals surface area contributed by atoms with E-state index in [1.807, 2.05) is 25.1 Å². The maximum Gasteiger partial charge on any atom is 0.307 e. The minimum atomic E-state index is -0.262. The predicted molar refractivity (Wildman–Crippen MR) is 82.2 cm³/mol. The Bertz CT molecular complexity index is 491. The van der Waals surface area contributed by atoms with Crippen LogP contribution in [0.5, 0.6) is 11.5 Å². The van der Waals surface area contributed by atoms with Gasteiger partial charge in [-0.05, 0) is 32.6 Å². The van der Waals surface area contributed by atoms with Crippen LogP contribution in [0.3, 0.4) is 0 Å². The van der Waals surface area contributed by atoms with Crippen molar-refractivity contribution in [2.75, 3.05) is 34.9 Å². The summed E-state index contributed by atoms with van der Waals surface area (Å²) in [7, 11) is 6.85. The Morgan fingerprint density at radius 1 is 1.29 bits per heavy atom. The zero-order chi connectivity index (χ0) is 16.0. The molecule has 0 spiro atoms. The van der Waals surface area contributed by atoms with Crippen molar-refractivity contribution in [1.82, 2.24) is 4.90 Å². The zero-order valence-electron chi connectivity index (χ0n) is 13.1. The van der Waals surface area contributed by atoms with Gasteiger partial charge in [0.2, 0.25) is 0 Å². The van der Waals surface area contributed by atoms with Crippen LogP contribution in [0.15, 0.2) is 12.1 Å². The quantitative estimate of drug-likeness (QED) is 0.724. The lowest BCUT2D eigenvalue weighted by molar-refractivity contribution is -0.144. The molecule has 0 aliphatic carbocycles. The second-order valence-electron chi connectivity index (χ2n) is 4.69. The Balaban J connectivity index is 3.17. The minimum Gasteiger partial charge on any atom is -0.493 e. The molecule has 0 saturated heterocycles. The van der Waals surface area contributed by atoms with Crippen LogP contribution >= 0.6 is 11.6 Å². The summed E-state index contributed by atoms with van der Waals surface area (Å²) in [4.78, 5) is 13.7. The van der Waals surface area contributed by atoms with Gasteiger partial charge in [-0.3, -0.25) is 4.79 Å². The largest absolute Gasteiger partial charge is 0.493 e. The van der Waals surface area contributed by atoms with Crippen molar-refractivity contribution in [3.05, 3.63) is 22.7 Å². The highest BCUT2D eigenvalue weighted by Gasteiger charge is 2.24. The molecule has 1 aromatic rings. The first-order valence-electron chi connectivity index (χ1n) is 6.68. The predicted octanol–water partition coefficient (Wildman–Crippen LogP) is 2.91. The monoisotopic (exact) mass is 315 g/mol. The van der Waals surface area contributed by atoms with Gasteiger partial charge in [0, 0.05) is 6.04 Å². The summed E-state index contributed by atoms with van der Waals surface area (Å²) in [6, 6.07) is 3.42. The topological polar surface area (TPSA) is 48.0 Å². The molecule has 6 heteroatoms. The van der Waals surface area contributed by atoms with E-state index in [-0.39, 0.29) is 18.4 Å². The van der Waals surface area contributed by atoms with Gasteiger partial charge in [0.25, 0.3) is 0 Å². The molecular weight excluding hydrogens is 294 g/mol. The molecule has 0 aromatic heterocycles. The number of nitrogens with zero attached hydrogens (tertiary/aromatic N) is 1. The van der Waals surface area contributed by atoms with E-state index in [0.717, 1.165) is 5.56 Å². The Morgan fingerprint density at radius 2 is 1.95 bits per heavy atom. The molecule has 0 fully saturated rings. The average Bonchev–Trinajstić information content (AvgIpc) is 2.44. The van der Waals surface area contributed by atoms with Gasteiger partial charge < -0.3 is 19.1 Å². The molecule has 0 bridgehead atoms. The molecular formula is C15H22ClNO4. The van der Waals surface area contributed by atoms with E-state index < -0.39 is 0 Å². The summed E-state index contributed by atoms with van der Waals surface area (Å²) >= 11 is 6.41. The Kier molecular flexibility index (Phi) is 6.78. The van der Waals surface area contributed by atoms with Crippen molar-refractivity contribution >= 4 is 17.6 Å². The van der Waals surface area contributed by atoms with Gasteiger partial charge in [0.05, 0.1) is 32.3 Å². The molecule has 1 rings (SSSR count). The van der Waals surface area contributed by atoms with Crippen LogP contribution in [0.2, 0.25) is 5.02 Å². The number of halogens is 1. The molecule has 0 heterocycles. The zero-order valence-corrected chi connectivity index (χ0v) is 13.9. The summed E-state index contributed by atoms with van der Waals surface area (Å²) in [5.74, 6) is 0.759. The van der Waals surface area contributed by atoms with E-state index >= 15 is 0 Å². The normalized spacial score (nSPS) is 12.1. The fraction of sp³-hybridized carbons (Fsp3) is 0.533. The van der Waals surface area contributed by atoms with E-state index in [4.69, 9.17) is 25.8 Å². The SMILES string of the molecule is CCOC(=O)CC(c1ccc(OC)c(OC)c1Cl)N(C)C. The number of carbonyl (C=O) groups is 1. The number of rotatable bonds is 7. The number of esters is 1. The molecule has 0 saturated carbocycles. The van der Waals surface area contributed by atoms with Gasteiger partial charge in [0.15, 0.2) is 11.5 Å². The van der Waals surface area contributed by atoms with Gasteiger partial charge in [0.1, 0.15) is 0 Å². The van der Waals surface area contributed by atoms with Crippen molar-refractivity contribution in [2.45, 2.75) is 19.4 Å². The first-order valence-corrected chi connectivity index (χ1v) is 7.06. The number of ether oxygens (including phenoxy) is 3. The Labute approximate surface area is 130 Å². The number of methoxy groups -OCH3 is 2. The maximum atomic E-state index is 11.8. The highest BCUT2D eigenvalue weighted by Crippen LogP contribution is 2.41. The molecule has 118 valence electrons. The van der Waals surface area contributed by atoms with Gasteiger partial charge in [-0.2, -0.15) is 0 Å². The second-order valence-corrected chi connectivity index (χ2v) is 5.07. The van der Waals surface area contributed by atoms with Gasteiger partial charge in [-0.25, -0.2) is 0 Å². The molecule has 5 nitrogen and oxygen atoms in total. The third-order valence-corrected chi connectivity index (χ3v) is 3.55. The molecule has 1 aromatic carbocycles. The number of hydrogen-bond donors (Lipinski definition) is 0. The van der Waals surface area contributed by atoms with Crippen molar-refractivity contribution < 1.29 is 19.0 Å². The van der Waals surface area contributed by atoms with E-state index in [2.05, 4.69) is 0 Å². The van der Waals surface area contributed by atoms with Gasteiger partial charge in [-0.1, -0.05) is 17.7 Å². The third-order valence-electron chi connectivity index (χ3n) is 3.16. The van der Waals surface area contributed by atoms with E-state index in [0.29, 0.717) is 23.1 Å². The smallest absolute Gasteiger partial charge is 0.307 e. The fourth-order valence-corrected chi connectivity index (χ4v) is 2.47. The minimum absolute atomic E-state index is 0.198. The lowest BCUT2D eigenvalue weighted by Gasteiger charge is -2.26. The summed E-state index contributed by atoms with van der Waals surface area (Å²) in [6.07, 6.45) is 0.218. The molecule has 0 amide bonds. The van der Waals surface area contributed by atoms with Crippen LogP contribution in [0.1, 0.15) is 24.9 Å². The molecule has 21 heavy (non-hydrogen) atoms. The summed E-state index contributed by atoms with van der Waals surface area (Å²) in [5, 5.41) is 0.444. The van der Waals surface area contributed by atoms with E-state index in [9.17, 15) is 4.79 Å². The van der Waals surface area contributed by atoms with Crippen LogP contribution in [-0.2, 0) is 9.53 Å². The van der Waals surface area contributed by atoms with Crippen molar-refractivity contribution in [2.24, 2.45) is 0 Å². The summed E-state index contributed by atoms with van der Waals surface area (Å²) in [5.41, 5.74) is 0.798. The van der Waals surface area contributed by atoms with Crippen LogP contribution in [0.4, 0.5) is 0 Å². The Hall–Kier alpha value is -1.46. The third kappa shape index (κ3) is 4.25. The van der Waals surface area contributed by atoms with Crippen LogP contribution in [0, 0.1) is 0 Å². The number of benzene rings is 1. The van der Waals surface area contributed by atoms with Crippen molar-refractivity contribution in [1.29, 1.82) is 0 Å². The molecule has 1 atom stereocenters. The highest BCUT2D eigenvalue weighted by atomic mass is 35.5. The van der Waals surface area contributed by atoms with E-state index in [1.54, 1.807) is 20.1 Å². The second kappa shape index (κ2) is 8.10. The van der Waals surface area contributed by atoms with Crippen LogP contribution < -0.4 is 9.47 Å². The maximum absolute atomic E-state index is 11.8. The van der Waals surface area contributed by atoms with Crippen LogP contribution in [-0.4, -0.2) is 45.8 Å². The molecule has 1 unspecified atom stereocenters. The molecule has 0 N–H and O–H groups in total. The number of carbonyl (C=O) groups excluding carboxylic acids is 1. The van der Waals surface area contributed by atoms with Crippen LogP contribution in [0.25, 0.3) is 0 Å². The van der Waals surface area contributed by atoms with Gasteiger partial charge >= 0.3 is 5.97 Å². The fourth-order valence-electron chi connectivity index (χ4n) is 2.11. The molecule has 0 aliphatic rings. The van der Waals surface area contributed by atoms with E-state index in [1.165, 1.54) is 7.11 Å². The summed E-state index contributed by atoms with van der Waals surface area (Å²) < 4.78 is 15.5. The first kappa shape index (κ1) is 17.6. The average molecular weight is 316 g/mol.